The third-order valence-corrected chi connectivity index (χ3v) is 6.66. The summed E-state index contributed by atoms with van der Waals surface area (Å²) in [5.41, 5.74) is 0.765. The van der Waals surface area contributed by atoms with Crippen LogP contribution in [0, 0.1) is 5.82 Å². The number of esters is 1. The van der Waals surface area contributed by atoms with Gasteiger partial charge in [-0.3, -0.25) is 0 Å². The number of rotatable bonds is 6. The van der Waals surface area contributed by atoms with Gasteiger partial charge in [-0.25, -0.2) is 17.6 Å². The summed E-state index contributed by atoms with van der Waals surface area (Å²) in [5, 5.41) is 3.78. The molecular weight excluding hydrogens is 427 g/mol. The first-order valence-electron chi connectivity index (χ1n) is 9.51. The lowest BCUT2D eigenvalue weighted by molar-refractivity contribution is 0.0464. The van der Waals surface area contributed by atoms with Gasteiger partial charge in [0.2, 0.25) is 10.0 Å². The lowest BCUT2D eigenvalue weighted by atomic mass is 10.1. The van der Waals surface area contributed by atoms with Crippen LogP contribution in [0.15, 0.2) is 64.0 Å². The molecule has 0 spiro atoms. The van der Waals surface area contributed by atoms with Crippen molar-refractivity contribution in [2.24, 2.45) is 0 Å². The second-order valence-corrected chi connectivity index (χ2v) is 8.72. The Hall–Kier alpha value is -3.08. The standard InChI is InChI=1S/C21H19FN2O6S/c22-19-4-2-1-3-18(19)20-13-16(23-30-20)14-29-21(25)15-5-7-17(8-6-15)31(26,27)24-9-11-28-12-10-24/h1-8,13H,9-12,14H2. The van der Waals surface area contributed by atoms with Gasteiger partial charge in [-0.05, 0) is 36.4 Å². The molecule has 31 heavy (non-hydrogen) atoms. The van der Waals surface area contributed by atoms with Crippen LogP contribution in [-0.4, -0.2) is 50.2 Å². The molecule has 0 bridgehead atoms. The minimum Gasteiger partial charge on any atom is -0.455 e. The predicted molar refractivity (Wildman–Crippen MR) is 107 cm³/mol. The van der Waals surface area contributed by atoms with Gasteiger partial charge in [-0.15, -0.1) is 0 Å². The summed E-state index contributed by atoms with van der Waals surface area (Å²) >= 11 is 0. The van der Waals surface area contributed by atoms with Crippen molar-refractivity contribution >= 4 is 16.0 Å². The molecule has 2 heterocycles. The second-order valence-electron chi connectivity index (χ2n) is 6.78. The summed E-state index contributed by atoms with van der Waals surface area (Å²) in [6.07, 6.45) is 0. The van der Waals surface area contributed by atoms with Gasteiger partial charge < -0.3 is 14.0 Å². The molecule has 0 atom stereocenters. The Bertz CT molecular complexity index is 1170. The fourth-order valence-corrected chi connectivity index (χ4v) is 4.50. The quantitative estimate of drug-likeness (QED) is 0.537. The Morgan fingerprint density at radius 1 is 1.10 bits per heavy atom. The smallest absolute Gasteiger partial charge is 0.338 e. The molecule has 2 aromatic carbocycles. The fraction of sp³-hybridized carbons (Fsp3) is 0.238. The van der Waals surface area contributed by atoms with Crippen molar-refractivity contribution in [3.8, 4) is 11.3 Å². The normalized spacial score (nSPS) is 15.0. The Kier molecular flexibility index (Phi) is 6.12. The van der Waals surface area contributed by atoms with Crippen molar-refractivity contribution in [3.63, 3.8) is 0 Å². The molecule has 0 unspecified atom stereocenters. The van der Waals surface area contributed by atoms with E-state index in [0.29, 0.717) is 32.0 Å². The minimum atomic E-state index is -3.64. The molecule has 0 N–H and O–H groups in total. The predicted octanol–water partition coefficient (Wildman–Crippen LogP) is 2.86. The zero-order valence-corrected chi connectivity index (χ0v) is 17.2. The van der Waals surface area contributed by atoms with Gasteiger partial charge in [0.1, 0.15) is 18.1 Å². The molecule has 1 aliphatic rings. The number of hydrogen-bond acceptors (Lipinski definition) is 7. The third-order valence-electron chi connectivity index (χ3n) is 4.75. The summed E-state index contributed by atoms with van der Waals surface area (Å²) in [5.74, 6) is -0.873. The summed E-state index contributed by atoms with van der Waals surface area (Å²) in [4.78, 5) is 12.4. The van der Waals surface area contributed by atoms with E-state index in [4.69, 9.17) is 14.0 Å². The van der Waals surface area contributed by atoms with E-state index >= 15 is 0 Å². The van der Waals surface area contributed by atoms with E-state index < -0.39 is 21.8 Å². The number of ether oxygens (including phenoxy) is 2. The number of carbonyl (C=O) groups is 1. The molecule has 1 fully saturated rings. The highest BCUT2D eigenvalue weighted by atomic mass is 32.2. The Balaban J connectivity index is 1.39. The minimum absolute atomic E-state index is 0.0944. The highest BCUT2D eigenvalue weighted by Gasteiger charge is 2.26. The van der Waals surface area contributed by atoms with Gasteiger partial charge >= 0.3 is 5.97 Å². The zero-order chi connectivity index (χ0) is 21.8. The van der Waals surface area contributed by atoms with Gasteiger partial charge in [0, 0.05) is 19.2 Å². The van der Waals surface area contributed by atoms with Crippen LogP contribution in [0.5, 0.6) is 0 Å². The van der Waals surface area contributed by atoms with Crippen molar-refractivity contribution in [1.29, 1.82) is 0 Å². The van der Waals surface area contributed by atoms with E-state index in [1.54, 1.807) is 18.2 Å². The number of sulfonamides is 1. The molecule has 8 nitrogen and oxygen atoms in total. The maximum Gasteiger partial charge on any atom is 0.338 e. The second kappa shape index (κ2) is 8.96. The largest absolute Gasteiger partial charge is 0.455 e. The molecule has 4 rings (SSSR count). The lowest BCUT2D eigenvalue weighted by Gasteiger charge is -2.26. The summed E-state index contributed by atoms with van der Waals surface area (Å²) in [6.45, 7) is 1.11. The van der Waals surface area contributed by atoms with Crippen LogP contribution in [-0.2, 0) is 26.1 Å². The highest BCUT2D eigenvalue weighted by Crippen LogP contribution is 2.24. The maximum absolute atomic E-state index is 13.8. The molecule has 1 saturated heterocycles. The number of morpholine rings is 1. The summed E-state index contributed by atoms with van der Waals surface area (Å²) < 4.78 is 55.9. The average molecular weight is 446 g/mol. The average Bonchev–Trinajstić information content (AvgIpc) is 3.27. The molecule has 162 valence electrons. The van der Waals surface area contributed by atoms with Crippen LogP contribution in [0.1, 0.15) is 16.1 Å². The van der Waals surface area contributed by atoms with Crippen molar-refractivity contribution in [2.75, 3.05) is 26.3 Å². The Morgan fingerprint density at radius 3 is 2.52 bits per heavy atom. The monoisotopic (exact) mass is 446 g/mol. The zero-order valence-electron chi connectivity index (χ0n) is 16.4. The number of halogens is 1. The van der Waals surface area contributed by atoms with Crippen LogP contribution in [0.3, 0.4) is 0 Å². The van der Waals surface area contributed by atoms with Crippen molar-refractivity contribution < 1.29 is 31.6 Å². The van der Waals surface area contributed by atoms with Gasteiger partial charge in [-0.1, -0.05) is 17.3 Å². The van der Waals surface area contributed by atoms with E-state index in [2.05, 4.69) is 5.16 Å². The fourth-order valence-electron chi connectivity index (χ4n) is 3.09. The molecule has 0 radical (unpaired) electrons. The number of aromatic nitrogens is 1. The molecule has 3 aromatic rings. The highest BCUT2D eigenvalue weighted by molar-refractivity contribution is 7.89. The first kappa shape index (κ1) is 21.2. The molecule has 0 amide bonds. The Morgan fingerprint density at radius 2 is 1.81 bits per heavy atom. The van der Waals surface area contributed by atoms with Crippen molar-refractivity contribution in [1.82, 2.24) is 9.46 Å². The van der Waals surface area contributed by atoms with Crippen molar-refractivity contribution in [3.05, 3.63) is 71.7 Å². The number of benzene rings is 2. The first-order valence-corrected chi connectivity index (χ1v) is 10.9. The van der Waals surface area contributed by atoms with E-state index in [0.717, 1.165) is 0 Å². The SMILES string of the molecule is O=C(OCc1cc(-c2ccccc2F)on1)c1ccc(S(=O)(=O)N2CCOCC2)cc1. The number of nitrogens with zero attached hydrogens (tertiary/aromatic N) is 2. The van der Waals surface area contributed by atoms with Crippen LogP contribution in [0.2, 0.25) is 0 Å². The van der Waals surface area contributed by atoms with Gasteiger partial charge in [-0.2, -0.15) is 4.31 Å². The molecule has 10 heteroatoms. The molecular formula is C21H19FN2O6S. The number of hydrogen-bond donors (Lipinski definition) is 0. The van der Waals surface area contributed by atoms with Gasteiger partial charge in [0.05, 0.1) is 29.2 Å². The van der Waals surface area contributed by atoms with E-state index in [9.17, 15) is 17.6 Å². The Labute approximate surface area is 178 Å². The first-order chi connectivity index (χ1) is 14.9. The van der Waals surface area contributed by atoms with Gasteiger partial charge in [0.25, 0.3) is 0 Å². The van der Waals surface area contributed by atoms with E-state index in [1.165, 1.54) is 40.7 Å². The van der Waals surface area contributed by atoms with Crippen LogP contribution < -0.4 is 0 Å². The van der Waals surface area contributed by atoms with Crippen LogP contribution in [0.25, 0.3) is 11.3 Å². The summed E-state index contributed by atoms with van der Waals surface area (Å²) in [6, 6.07) is 13.1. The maximum atomic E-state index is 13.8. The van der Waals surface area contributed by atoms with Crippen LogP contribution in [0.4, 0.5) is 4.39 Å². The molecule has 1 aromatic heterocycles. The van der Waals surface area contributed by atoms with E-state index in [-0.39, 0.29) is 28.4 Å². The van der Waals surface area contributed by atoms with Crippen LogP contribution >= 0.6 is 0 Å². The van der Waals surface area contributed by atoms with E-state index in [1.807, 2.05) is 0 Å². The molecule has 0 aliphatic carbocycles. The topological polar surface area (TPSA) is 98.9 Å². The summed E-state index contributed by atoms with van der Waals surface area (Å²) in [7, 11) is -3.64. The molecule has 0 saturated carbocycles. The number of carbonyl (C=O) groups excluding carboxylic acids is 1. The van der Waals surface area contributed by atoms with Crippen molar-refractivity contribution in [2.45, 2.75) is 11.5 Å². The third kappa shape index (κ3) is 4.66. The lowest BCUT2D eigenvalue weighted by Crippen LogP contribution is -2.40. The van der Waals surface area contributed by atoms with Gasteiger partial charge in [0.15, 0.2) is 5.76 Å². The molecule has 1 aliphatic heterocycles.